The second kappa shape index (κ2) is 5.69. The number of carbonyl (C=O) groups is 1. The highest BCUT2D eigenvalue weighted by Crippen LogP contribution is 2.17. The first-order chi connectivity index (χ1) is 10.1. The zero-order valence-corrected chi connectivity index (χ0v) is 12.1. The van der Waals surface area contributed by atoms with Gasteiger partial charge in [-0.2, -0.15) is 0 Å². The van der Waals surface area contributed by atoms with Crippen LogP contribution in [0.1, 0.15) is 31.6 Å². The van der Waals surface area contributed by atoms with Gasteiger partial charge in [-0.15, -0.1) is 10.2 Å². The predicted molar refractivity (Wildman–Crippen MR) is 78.7 cm³/mol. The van der Waals surface area contributed by atoms with Crippen molar-refractivity contribution in [2.24, 2.45) is 5.73 Å². The molecule has 7 heteroatoms. The number of nitrogens with zero attached hydrogens (tertiary/aromatic N) is 4. The maximum atomic E-state index is 11.1. The SMILES string of the molecule is CC(NC1CCN(C(N)=O)CC1)c1nnc2ccccn12. The molecule has 0 spiro atoms. The summed E-state index contributed by atoms with van der Waals surface area (Å²) in [7, 11) is 0. The van der Waals surface area contributed by atoms with E-state index < -0.39 is 0 Å². The van der Waals surface area contributed by atoms with E-state index in [1.807, 2.05) is 28.8 Å². The maximum absolute atomic E-state index is 11.1. The van der Waals surface area contributed by atoms with E-state index in [2.05, 4.69) is 22.4 Å². The number of hydrogen-bond acceptors (Lipinski definition) is 4. The molecule has 0 aliphatic carbocycles. The highest BCUT2D eigenvalue weighted by Gasteiger charge is 2.23. The lowest BCUT2D eigenvalue weighted by atomic mass is 10.0. The Hall–Kier alpha value is -2.15. The van der Waals surface area contributed by atoms with Crippen molar-refractivity contribution in [3.8, 4) is 0 Å². The molecule has 0 aromatic carbocycles. The summed E-state index contributed by atoms with van der Waals surface area (Å²) in [6, 6.07) is 6.00. The average molecular weight is 288 g/mol. The molecule has 2 amide bonds. The van der Waals surface area contributed by atoms with E-state index in [0.717, 1.165) is 24.3 Å². The molecule has 0 radical (unpaired) electrons. The third-order valence-electron chi connectivity index (χ3n) is 4.02. The van der Waals surface area contributed by atoms with Crippen molar-refractivity contribution in [3.63, 3.8) is 0 Å². The number of rotatable bonds is 3. The Morgan fingerprint density at radius 1 is 1.38 bits per heavy atom. The third kappa shape index (κ3) is 2.82. The van der Waals surface area contributed by atoms with Crippen molar-refractivity contribution in [2.45, 2.75) is 31.8 Å². The summed E-state index contributed by atoms with van der Waals surface area (Å²) in [5.41, 5.74) is 6.15. The number of urea groups is 1. The Morgan fingerprint density at radius 2 is 2.14 bits per heavy atom. The van der Waals surface area contributed by atoms with Crippen LogP contribution in [0.25, 0.3) is 5.65 Å². The number of hydrogen-bond donors (Lipinski definition) is 2. The second-order valence-electron chi connectivity index (χ2n) is 5.47. The zero-order chi connectivity index (χ0) is 14.8. The fourth-order valence-corrected chi connectivity index (χ4v) is 2.85. The van der Waals surface area contributed by atoms with E-state index in [1.54, 1.807) is 4.90 Å². The number of piperidine rings is 1. The van der Waals surface area contributed by atoms with Gasteiger partial charge in [0, 0.05) is 25.3 Å². The standard InChI is InChI=1S/C14H20N6O/c1-10(13-18-17-12-4-2-3-7-20(12)13)16-11-5-8-19(9-6-11)14(15)21/h2-4,7,10-11,16H,5-6,8-9H2,1H3,(H2,15,21). The van der Waals surface area contributed by atoms with Gasteiger partial charge >= 0.3 is 6.03 Å². The van der Waals surface area contributed by atoms with Crippen LogP contribution in [0.5, 0.6) is 0 Å². The number of amides is 2. The van der Waals surface area contributed by atoms with Crippen LogP contribution in [-0.2, 0) is 0 Å². The number of nitrogens with two attached hydrogens (primary N) is 1. The van der Waals surface area contributed by atoms with Crippen LogP contribution in [0.15, 0.2) is 24.4 Å². The Kier molecular flexibility index (Phi) is 3.74. The average Bonchev–Trinajstić information content (AvgIpc) is 2.92. The van der Waals surface area contributed by atoms with Crippen LogP contribution >= 0.6 is 0 Å². The molecule has 0 saturated carbocycles. The first-order valence-corrected chi connectivity index (χ1v) is 7.25. The number of carbonyl (C=O) groups excluding carboxylic acids is 1. The summed E-state index contributed by atoms with van der Waals surface area (Å²) in [4.78, 5) is 12.8. The van der Waals surface area contributed by atoms with E-state index in [0.29, 0.717) is 19.1 Å². The quantitative estimate of drug-likeness (QED) is 0.879. The van der Waals surface area contributed by atoms with E-state index in [-0.39, 0.29) is 12.1 Å². The highest BCUT2D eigenvalue weighted by atomic mass is 16.2. The lowest BCUT2D eigenvalue weighted by Gasteiger charge is -2.32. The van der Waals surface area contributed by atoms with Gasteiger partial charge in [0.05, 0.1) is 6.04 Å². The van der Waals surface area contributed by atoms with E-state index >= 15 is 0 Å². The Morgan fingerprint density at radius 3 is 2.86 bits per heavy atom. The molecule has 7 nitrogen and oxygen atoms in total. The normalized spacial score (nSPS) is 18.0. The summed E-state index contributed by atoms with van der Waals surface area (Å²) in [5, 5.41) is 12.0. The van der Waals surface area contributed by atoms with Crippen molar-refractivity contribution >= 4 is 11.7 Å². The monoisotopic (exact) mass is 288 g/mol. The van der Waals surface area contributed by atoms with Crippen molar-refractivity contribution < 1.29 is 4.79 Å². The molecule has 1 fully saturated rings. The minimum atomic E-state index is -0.329. The second-order valence-corrected chi connectivity index (χ2v) is 5.47. The molecule has 1 aliphatic heterocycles. The lowest BCUT2D eigenvalue weighted by molar-refractivity contribution is 0.182. The molecule has 112 valence electrons. The molecule has 3 rings (SSSR count). The Bertz CT molecular complexity index is 631. The van der Waals surface area contributed by atoms with Gasteiger partial charge in [0.2, 0.25) is 0 Å². The van der Waals surface area contributed by atoms with Gasteiger partial charge in [-0.25, -0.2) is 4.79 Å². The van der Waals surface area contributed by atoms with Crippen molar-refractivity contribution in [2.75, 3.05) is 13.1 Å². The van der Waals surface area contributed by atoms with Crippen LogP contribution in [0.2, 0.25) is 0 Å². The van der Waals surface area contributed by atoms with Crippen LogP contribution in [0.3, 0.4) is 0 Å². The summed E-state index contributed by atoms with van der Waals surface area (Å²) in [5.74, 6) is 0.905. The van der Waals surface area contributed by atoms with Gasteiger partial charge in [-0.05, 0) is 31.9 Å². The minimum absolute atomic E-state index is 0.104. The largest absolute Gasteiger partial charge is 0.351 e. The summed E-state index contributed by atoms with van der Waals surface area (Å²) in [6.45, 7) is 3.50. The molecular weight excluding hydrogens is 268 g/mol. The molecule has 3 N–H and O–H groups in total. The van der Waals surface area contributed by atoms with E-state index in [1.165, 1.54) is 0 Å². The van der Waals surface area contributed by atoms with Gasteiger partial charge in [0.1, 0.15) is 0 Å². The molecule has 1 aliphatic rings. The molecule has 1 atom stereocenters. The number of fused-ring (bicyclic) bond motifs is 1. The minimum Gasteiger partial charge on any atom is -0.351 e. The Balaban J connectivity index is 1.64. The van der Waals surface area contributed by atoms with Crippen molar-refractivity contribution in [3.05, 3.63) is 30.2 Å². The maximum Gasteiger partial charge on any atom is 0.314 e. The van der Waals surface area contributed by atoms with Gasteiger partial charge in [0.25, 0.3) is 0 Å². The third-order valence-corrected chi connectivity index (χ3v) is 4.02. The molecule has 1 saturated heterocycles. The summed E-state index contributed by atoms with van der Waals surface area (Å²) in [6.07, 6.45) is 3.78. The first kappa shape index (κ1) is 13.8. The first-order valence-electron chi connectivity index (χ1n) is 7.25. The van der Waals surface area contributed by atoms with Gasteiger partial charge in [0.15, 0.2) is 11.5 Å². The molecule has 3 heterocycles. The Labute approximate surface area is 123 Å². The van der Waals surface area contributed by atoms with Gasteiger partial charge in [-0.1, -0.05) is 6.07 Å². The van der Waals surface area contributed by atoms with Crippen LogP contribution in [0.4, 0.5) is 4.79 Å². The van der Waals surface area contributed by atoms with Gasteiger partial charge in [-0.3, -0.25) is 4.40 Å². The number of aromatic nitrogens is 3. The molecule has 1 unspecified atom stereocenters. The number of pyridine rings is 1. The number of likely N-dealkylation sites (tertiary alicyclic amines) is 1. The van der Waals surface area contributed by atoms with Crippen molar-refractivity contribution in [1.82, 2.24) is 24.8 Å². The highest BCUT2D eigenvalue weighted by molar-refractivity contribution is 5.72. The molecule has 2 aromatic rings. The molecular formula is C14H20N6O. The zero-order valence-electron chi connectivity index (χ0n) is 12.1. The van der Waals surface area contributed by atoms with Crippen molar-refractivity contribution in [1.29, 1.82) is 0 Å². The molecule has 2 aromatic heterocycles. The molecule has 0 bridgehead atoms. The number of primary amides is 1. The van der Waals surface area contributed by atoms with Crippen LogP contribution in [-0.4, -0.2) is 44.7 Å². The lowest BCUT2D eigenvalue weighted by Crippen LogP contribution is -2.47. The topological polar surface area (TPSA) is 88.5 Å². The summed E-state index contributed by atoms with van der Waals surface area (Å²) < 4.78 is 2.00. The van der Waals surface area contributed by atoms with Gasteiger partial charge < -0.3 is 16.0 Å². The van der Waals surface area contributed by atoms with Crippen LogP contribution in [0, 0.1) is 0 Å². The summed E-state index contributed by atoms with van der Waals surface area (Å²) >= 11 is 0. The molecule has 21 heavy (non-hydrogen) atoms. The fourth-order valence-electron chi connectivity index (χ4n) is 2.85. The van der Waals surface area contributed by atoms with E-state index in [9.17, 15) is 4.79 Å². The predicted octanol–water partition coefficient (Wildman–Crippen LogP) is 0.923. The number of nitrogens with one attached hydrogen (secondary N) is 1. The smallest absolute Gasteiger partial charge is 0.314 e. The van der Waals surface area contributed by atoms with E-state index in [4.69, 9.17) is 5.73 Å². The van der Waals surface area contributed by atoms with Crippen LogP contribution < -0.4 is 11.1 Å². The fraction of sp³-hybridized carbons (Fsp3) is 0.500.